The summed E-state index contributed by atoms with van der Waals surface area (Å²) in [6.45, 7) is 4.16. The van der Waals surface area contributed by atoms with Crippen LogP contribution in [0.15, 0.2) is 24.3 Å². The Kier molecular flexibility index (Phi) is 5.92. The second-order valence-corrected chi connectivity index (χ2v) is 8.73. The number of carbonyl (C=O) groups excluding carboxylic acids is 1. The Morgan fingerprint density at radius 3 is 2.19 bits per heavy atom. The van der Waals surface area contributed by atoms with Crippen LogP contribution < -0.4 is 5.32 Å². The first kappa shape index (κ1) is 19.9. The lowest BCUT2D eigenvalue weighted by atomic mass is 9.75. The summed E-state index contributed by atoms with van der Waals surface area (Å²) in [5, 5.41) is 13.1. The molecule has 0 heterocycles. The molecule has 0 radical (unpaired) electrons. The Labute approximate surface area is 162 Å². The van der Waals surface area contributed by atoms with Crippen molar-refractivity contribution < 1.29 is 14.7 Å². The number of hydrogen-bond acceptors (Lipinski definition) is 2. The number of hydrogen-bond donors (Lipinski definition) is 2. The van der Waals surface area contributed by atoms with Crippen molar-refractivity contribution in [3.05, 3.63) is 35.4 Å². The summed E-state index contributed by atoms with van der Waals surface area (Å²) in [5.74, 6) is -1.08. The van der Waals surface area contributed by atoms with Crippen molar-refractivity contribution in [2.75, 3.05) is 0 Å². The van der Waals surface area contributed by atoms with Gasteiger partial charge < -0.3 is 10.4 Å². The highest BCUT2D eigenvalue weighted by molar-refractivity contribution is 5.84. The van der Waals surface area contributed by atoms with E-state index in [1.165, 1.54) is 11.1 Å². The van der Waals surface area contributed by atoms with E-state index in [0.717, 1.165) is 51.4 Å². The molecule has 0 bridgehead atoms. The van der Waals surface area contributed by atoms with E-state index in [9.17, 15) is 14.7 Å². The van der Waals surface area contributed by atoms with Crippen LogP contribution in [0.4, 0.5) is 0 Å². The molecule has 4 nitrogen and oxygen atoms in total. The van der Waals surface area contributed by atoms with Crippen LogP contribution in [-0.4, -0.2) is 22.5 Å². The van der Waals surface area contributed by atoms with Crippen LogP contribution >= 0.6 is 0 Å². The number of carboxylic acid groups (broad SMARTS) is 1. The average Bonchev–Trinajstić information content (AvgIpc) is 3.26. The highest BCUT2D eigenvalue weighted by Crippen LogP contribution is 2.45. The minimum atomic E-state index is -0.755. The van der Waals surface area contributed by atoms with Gasteiger partial charge in [-0.1, -0.05) is 57.4 Å². The van der Waals surface area contributed by atoms with Crippen molar-refractivity contribution in [2.24, 2.45) is 11.3 Å². The van der Waals surface area contributed by atoms with Gasteiger partial charge in [-0.25, -0.2) is 0 Å². The average molecular weight is 372 g/mol. The normalized spacial score (nSPS) is 20.8. The maximum atomic E-state index is 13.5. The molecule has 0 aliphatic heterocycles. The van der Waals surface area contributed by atoms with Gasteiger partial charge in [0.25, 0.3) is 0 Å². The number of carboxylic acids is 1. The molecular weight excluding hydrogens is 338 g/mol. The largest absolute Gasteiger partial charge is 0.481 e. The minimum Gasteiger partial charge on any atom is -0.481 e. The van der Waals surface area contributed by atoms with Gasteiger partial charge in [-0.15, -0.1) is 0 Å². The fourth-order valence-corrected chi connectivity index (χ4v) is 5.20. The molecule has 2 aliphatic carbocycles. The molecule has 0 spiro atoms. The van der Waals surface area contributed by atoms with E-state index >= 15 is 0 Å². The minimum absolute atomic E-state index is 0.0945. The lowest BCUT2D eigenvalue weighted by molar-refractivity contribution is -0.145. The molecule has 1 atom stereocenters. The Hall–Kier alpha value is -1.84. The Bertz CT molecular complexity index is 666. The zero-order valence-corrected chi connectivity index (χ0v) is 16.7. The number of rotatable bonds is 8. The molecule has 0 saturated heterocycles. The first-order valence-electron chi connectivity index (χ1n) is 10.6. The zero-order valence-electron chi connectivity index (χ0n) is 16.7. The van der Waals surface area contributed by atoms with Crippen molar-refractivity contribution in [3.8, 4) is 0 Å². The van der Waals surface area contributed by atoms with Gasteiger partial charge in [0, 0.05) is 5.54 Å². The lowest BCUT2D eigenvalue weighted by Crippen LogP contribution is -2.54. The van der Waals surface area contributed by atoms with E-state index in [1.54, 1.807) is 0 Å². The quantitative estimate of drug-likeness (QED) is 0.707. The van der Waals surface area contributed by atoms with Crippen molar-refractivity contribution in [1.82, 2.24) is 5.32 Å². The molecule has 4 heteroatoms. The van der Waals surface area contributed by atoms with Gasteiger partial charge in [0.05, 0.1) is 11.3 Å². The molecule has 0 aromatic heterocycles. The van der Waals surface area contributed by atoms with Gasteiger partial charge >= 0.3 is 5.97 Å². The summed E-state index contributed by atoms with van der Waals surface area (Å²) in [4.78, 5) is 25.2. The smallest absolute Gasteiger partial charge is 0.306 e. The van der Waals surface area contributed by atoms with Crippen molar-refractivity contribution in [2.45, 2.75) is 83.6 Å². The number of nitrogens with one attached hydrogen (secondary N) is 1. The van der Waals surface area contributed by atoms with Crippen LogP contribution in [0.5, 0.6) is 0 Å². The van der Waals surface area contributed by atoms with Gasteiger partial charge in [0.15, 0.2) is 0 Å². The molecule has 2 aliphatic rings. The molecule has 2 N–H and O–H groups in total. The van der Waals surface area contributed by atoms with E-state index in [0.29, 0.717) is 12.8 Å². The fourth-order valence-electron chi connectivity index (χ4n) is 5.20. The third kappa shape index (κ3) is 4.04. The molecule has 1 saturated carbocycles. The molecule has 3 rings (SSSR count). The maximum absolute atomic E-state index is 13.5. The van der Waals surface area contributed by atoms with E-state index in [-0.39, 0.29) is 11.4 Å². The molecule has 148 valence electrons. The van der Waals surface area contributed by atoms with E-state index in [2.05, 4.69) is 36.5 Å². The topological polar surface area (TPSA) is 66.4 Å². The van der Waals surface area contributed by atoms with E-state index in [1.807, 2.05) is 6.92 Å². The van der Waals surface area contributed by atoms with Crippen LogP contribution in [0.25, 0.3) is 0 Å². The third-order valence-electron chi connectivity index (χ3n) is 6.90. The van der Waals surface area contributed by atoms with E-state index in [4.69, 9.17) is 0 Å². The molecule has 1 aromatic rings. The molecule has 1 amide bonds. The second kappa shape index (κ2) is 8.04. The lowest BCUT2D eigenvalue weighted by Gasteiger charge is -2.37. The zero-order chi connectivity index (χ0) is 19.5. The number of aliphatic carboxylic acids is 1. The van der Waals surface area contributed by atoms with Crippen LogP contribution in [0.2, 0.25) is 0 Å². The third-order valence-corrected chi connectivity index (χ3v) is 6.90. The van der Waals surface area contributed by atoms with Crippen LogP contribution in [-0.2, 0) is 22.4 Å². The summed E-state index contributed by atoms with van der Waals surface area (Å²) in [7, 11) is 0. The predicted octanol–water partition coefficient (Wildman–Crippen LogP) is 4.50. The van der Waals surface area contributed by atoms with E-state index < -0.39 is 17.3 Å². The predicted molar refractivity (Wildman–Crippen MR) is 107 cm³/mol. The monoisotopic (exact) mass is 371 g/mol. The molecule has 27 heavy (non-hydrogen) atoms. The van der Waals surface area contributed by atoms with Gasteiger partial charge in [0.1, 0.15) is 0 Å². The number of benzene rings is 1. The SMILES string of the molecule is CCCC(CC1(C(=O)NC2(CC)Cc3ccccc3C2)CCCC1)C(=O)O. The fraction of sp³-hybridized carbons (Fsp3) is 0.652. The van der Waals surface area contributed by atoms with Gasteiger partial charge in [-0.05, 0) is 56.1 Å². The Morgan fingerprint density at radius 2 is 1.70 bits per heavy atom. The number of fused-ring (bicyclic) bond motifs is 1. The van der Waals surface area contributed by atoms with Crippen LogP contribution in [0, 0.1) is 11.3 Å². The summed E-state index contributed by atoms with van der Waals surface area (Å²) >= 11 is 0. The Morgan fingerprint density at radius 1 is 1.11 bits per heavy atom. The Balaban J connectivity index is 1.78. The summed E-state index contributed by atoms with van der Waals surface area (Å²) < 4.78 is 0. The van der Waals surface area contributed by atoms with Crippen molar-refractivity contribution >= 4 is 11.9 Å². The first-order valence-corrected chi connectivity index (χ1v) is 10.6. The maximum Gasteiger partial charge on any atom is 0.306 e. The number of carbonyl (C=O) groups is 2. The molecule has 1 unspecified atom stereocenters. The summed E-state index contributed by atoms with van der Waals surface area (Å²) in [6.07, 6.45) is 8.28. The molecular formula is C23H33NO3. The highest BCUT2D eigenvalue weighted by Gasteiger charge is 2.47. The van der Waals surface area contributed by atoms with Crippen LogP contribution in [0.1, 0.15) is 76.3 Å². The summed E-state index contributed by atoms with van der Waals surface area (Å²) in [5.41, 5.74) is 1.93. The van der Waals surface area contributed by atoms with Gasteiger partial charge in [-0.2, -0.15) is 0 Å². The molecule has 1 fully saturated rings. The standard InChI is InChI=1S/C23H33NO3/c1-3-9-19(20(25)26)14-22(12-7-8-13-22)21(27)24-23(4-2)15-17-10-5-6-11-18(17)16-23/h5-6,10-11,19H,3-4,7-9,12-16H2,1-2H3,(H,24,27)(H,25,26). The molecule has 1 aromatic carbocycles. The van der Waals surface area contributed by atoms with Crippen molar-refractivity contribution in [3.63, 3.8) is 0 Å². The van der Waals surface area contributed by atoms with Crippen molar-refractivity contribution in [1.29, 1.82) is 0 Å². The second-order valence-electron chi connectivity index (χ2n) is 8.73. The first-order chi connectivity index (χ1) is 12.9. The summed E-state index contributed by atoms with van der Waals surface area (Å²) in [6, 6.07) is 8.44. The highest BCUT2D eigenvalue weighted by atomic mass is 16.4. The van der Waals surface area contributed by atoms with Gasteiger partial charge in [-0.3, -0.25) is 9.59 Å². The van der Waals surface area contributed by atoms with Gasteiger partial charge in [0.2, 0.25) is 5.91 Å². The number of amides is 1. The van der Waals surface area contributed by atoms with Crippen LogP contribution in [0.3, 0.4) is 0 Å².